The molecule has 0 radical (unpaired) electrons. The molecule has 0 amide bonds. The van der Waals surface area contributed by atoms with E-state index in [4.69, 9.17) is 5.11 Å². The van der Waals surface area contributed by atoms with Crippen LogP contribution in [0.2, 0.25) is 0 Å². The fourth-order valence-corrected chi connectivity index (χ4v) is 4.37. The molecule has 0 aliphatic heterocycles. The van der Waals surface area contributed by atoms with Crippen molar-refractivity contribution >= 4 is 47.9 Å². The van der Waals surface area contributed by atoms with Crippen LogP contribution in [0.4, 0.5) is 0 Å². The molecule has 112 valence electrons. The molecule has 2 N–H and O–H groups in total. The van der Waals surface area contributed by atoms with Crippen molar-refractivity contribution in [2.75, 3.05) is 6.54 Å². The Balaban J connectivity index is 2.48. The third-order valence-electron chi connectivity index (χ3n) is 2.54. The highest BCUT2D eigenvalue weighted by atomic mass is 79.9. The topological polar surface area (TPSA) is 83.5 Å². The van der Waals surface area contributed by atoms with Gasteiger partial charge in [-0.3, -0.25) is 4.79 Å². The molecule has 20 heavy (non-hydrogen) atoms. The zero-order valence-corrected chi connectivity index (χ0v) is 14.6. The van der Waals surface area contributed by atoms with Crippen molar-refractivity contribution < 1.29 is 18.3 Å². The number of aliphatic carboxylic acids is 1. The Bertz CT molecular complexity index is 575. The first-order valence-corrected chi connectivity index (χ1v) is 9.06. The van der Waals surface area contributed by atoms with E-state index in [2.05, 4.69) is 36.6 Å². The van der Waals surface area contributed by atoms with E-state index in [0.29, 0.717) is 30.3 Å². The van der Waals surface area contributed by atoms with Crippen LogP contribution in [0, 0.1) is 0 Å². The summed E-state index contributed by atoms with van der Waals surface area (Å²) in [4.78, 5) is 10.5. The molecule has 0 aromatic heterocycles. The first-order valence-electron chi connectivity index (χ1n) is 5.99. The molecule has 5 nitrogen and oxygen atoms in total. The third kappa shape index (κ3) is 5.90. The molecule has 0 unspecified atom stereocenters. The summed E-state index contributed by atoms with van der Waals surface area (Å²) in [5, 5.41) is 8.48. The number of benzene rings is 1. The molecule has 1 aromatic rings. The second-order valence-corrected chi connectivity index (χ2v) is 7.68. The van der Waals surface area contributed by atoms with Crippen molar-refractivity contribution in [2.45, 2.75) is 30.6 Å². The van der Waals surface area contributed by atoms with E-state index in [1.807, 2.05) is 0 Å². The van der Waals surface area contributed by atoms with Gasteiger partial charge in [-0.1, -0.05) is 22.4 Å². The number of rotatable bonds is 8. The van der Waals surface area contributed by atoms with Crippen molar-refractivity contribution in [3.63, 3.8) is 0 Å². The molecule has 0 saturated heterocycles. The van der Waals surface area contributed by atoms with Crippen LogP contribution in [-0.2, 0) is 14.8 Å². The first kappa shape index (κ1) is 17.6. The summed E-state index contributed by atoms with van der Waals surface area (Å²) >= 11 is 6.48. The molecular formula is C12H15Br2NO4S. The minimum Gasteiger partial charge on any atom is -0.481 e. The van der Waals surface area contributed by atoms with Crippen LogP contribution >= 0.6 is 31.9 Å². The molecule has 0 aliphatic rings. The summed E-state index contributed by atoms with van der Waals surface area (Å²) < 4.78 is 27.9. The smallest absolute Gasteiger partial charge is 0.303 e. The lowest BCUT2D eigenvalue weighted by Gasteiger charge is -2.08. The van der Waals surface area contributed by atoms with Gasteiger partial charge in [-0.25, -0.2) is 13.1 Å². The van der Waals surface area contributed by atoms with Crippen LogP contribution in [0.3, 0.4) is 0 Å². The number of carboxylic acids is 1. The Kier molecular flexibility index (Phi) is 7.14. The Morgan fingerprint density at radius 1 is 1.20 bits per heavy atom. The predicted molar refractivity (Wildman–Crippen MR) is 83.1 cm³/mol. The predicted octanol–water partition coefficient (Wildman–Crippen LogP) is 3.13. The average Bonchev–Trinajstić information content (AvgIpc) is 2.32. The van der Waals surface area contributed by atoms with Crippen molar-refractivity contribution in [1.82, 2.24) is 4.72 Å². The van der Waals surface area contributed by atoms with Crippen molar-refractivity contribution in [2.24, 2.45) is 0 Å². The highest BCUT2D eigenvalue weighted by Crippen LogP contribution is 2.25. The Morgan fingerprint density at radius 2 is 1.90 bits per heavy atom. The minimum atomic E-state index is -3.55. The van der Waals surface area contributed by atoms with Gasteiger partial charge >= 0.3 is 5.97 Å². The van der Waals surface area contributed by atoms with Gasteiger partial charge in [0.1, 0.15) is 0 Å². The lowest BCUT2D eigenvalue weighted by Crippen LogP contribution is -2.25. The van der Waals surface area contributed by atoms with Crippen LogP contribution < -0.4 is 4.72 Å². The van der Waals surface area contributed by atoms with Gasteiger partial charge in [-0.15, -0.1) is 0 Å². The van der Waals surface area contributed by atoms with Gasteiger partial charge in [0.05, 0.1) is 4.90 Å². The number of halogens is 2. The fourth-order valence-electron chi connectivity index (χ4n) is 1.56. The van der Waals surface area contributed by atoms with Gasteiger partial charge < -0.3 is 5.11 Å². The van der Waals surface area contributed by atoms with Crippen molar-refractivity contribution in [3.8, 4) is 0 Å². The number of carboxylic acid groups (broad SMARTS) is 1. The molecule has 0 spiro atoms. The highest BCUT2D eigenvalue weighted by Gasteiger charge is 2.16. The molecule has 1 rings (SSSR count). The van der Waals surface area contributed by atoms with E-state index < -0.39 is 16.0 Å². The lowest BCUT2D eigenvalue weighted by molar-refractivity contribution is -0.137. The summed E-state index contributed by atoms with van der Waals surface area (Å²) in [5.74, 6) is -0.829. The molecule has 0 saturated carbocycles. The summed E-state index contributed by atoms with van der Waals surface area (Å²) in [7, 11) is -3.55. The van der Waals surface area contributed by atoms with Crippen LogP contribution in [-0.4, -0.2) is 26.0 Å². The Morgan fingerprint density at radius 3 is 2.50 bits per heavy atom. The van der Waals surface area contributed by atoms with Crippen molar-refractivity contribution in [1.29, 1.82) is 0 Å². The van der Waals surface area contributed by atoms with E-state index in [0.717, 1.165) is 4.47 Å². The van der Waals surface area contributed by atoms with E-state index in [-0.39, 0.29) is 11.3 Å². The quantitative estimate of drug-likeness (QED) is 0.623. The zero-order chi connectivity index (χ0) is 15.2. The number of unbranched alkanes of at least 4 members (excludes halogenated alkanes) is 2. The van der Waals surface area contributed by atoms with Gasteiger partial charge in [-0.2, -0.15) is 0 Å². The lowest BCUT2D eigenvalue weighted by atomic mass is 10.2. The summed E-state index contributed by atoms with van der Waals surface area (Å²) in [5.41, 5.74) is 0. The first-order chi connectivity index (χ1) is 9.33. The monoisotopic (exact) mass is 427 g/mol. The molecule has 0 aliphatic carbocycles. The molecule has 0 atom stereocenters. The maximum absolute atomic E-state index is 12.1. The number of carbonyl (C=O) groups is 1. The maximum atomic E-state index is 12.1. The van der Waals surface area contributed by atoms with Gasteiger partial charge in [0.25, 0.3) is 0 Å². The minimum absolute atomic E-state index is 0.116. The standard InChI is InChI=1S/C12H15Br2NO4S/c13-9-5-6-11(10(14)8-9)20(18,19)15-7-3-1-2-4-12(16)17/h5-6,8,15H,1-4,7H2,(H,16,17). The molecule has 8 heteroatoms. The molecular weight excluding hydrogens is 414 g/mol. The zero-order valence-electron chi connectivity index (χ0n) is 10.6. The van der Waals surface area contributed by atoms with Crippen molar-refractivity contribution in [3.05, 3.63) is 27.1 Å². The fraction of sp³-hybridized carbons (Fsp3) is 0.417. The maximum Gasteiger partial charge on any atom is 0.303 e. The molecule has 0 fully saturated rings. The van der Waals surface area contributed by atoms with Gasteiger partial charge in [0.15, 0.2) is 0 Å². The normalized spacial score (nSPS) is 11.5. The van der Waals surface area contributed by atoms with Gasteiger partial charge in [0, 0.05) is 21.9 Å². The number of hydrogen-bond acceptors (Lipinski definition) is 3. The largest absolute Gasteiger partial charge is 0.481 e. The second kappa shape index (κ2) is 8.11. The number of sulfonamides is 1. The number of hydrogen-bond donors (Lipinski definition) is 2. The molecule has 1 aromatic carbocycles. The van der Waals surface area contributed by atoms with E-state index >= 15 is 0 Å². The van der Waals surface area contributed by atoms with E-state index in [1.54, 1.807) is 12.1 Å². The SMILES string of the molecule is O=C(O)CCCCCNS(=O)(=O)c1ccc(Br)cc1Br. The van der Waals surface area contributed by atoms with Gasteiger partial charge in [0.2, 0.25) is 10.0 Å². The number of nitrogens with one attached hydrogen (secondary N) is 1. The van der Waals surface area contributed by atoms with Crippen LogP contribution in [0.5, 0.6) is 0 Å². The highest BCUT2D eigenvalue weighted by molar-refractivity contribution is 9.11. The van der Waals surface area contributed by atoms with E-state index in [1.165, 1.54) is 6.07 Å². The van der Waals surface area contributed by atoms with Gasteiger partial charge in [-0.05, 0) is 47.0 Å². The second-order valence-electron chi connectivity index (χ2n) is 4.18. The van der Waals surface area contributed by atoms with E-state index in [9.17, 15) is 13.2 Å². The van der Waals surface area contributed by atoms with Crippen LogP contribution in [0.15, 0.2) is 32.0 Å². The summed E-state index contributed by atoms with van der Waals surface area (Å²) in [6, 6.07) is 4.84. The molecule has 0 heterocycles. The summed E-state index contributed by atoms with van der Waals surface area (Å²) in [6.45, 7) is 0.296. The average molecular weight is 429 g/mol. The van der Waals surface area contributed by atoms with Crippen LogP contribution in [0.25, 0.3) is 0 Å². The third-order valence-corrected chi connectivity index (χ3v) is 5.47. The Labute approximate surface area is 135 Å². The Hall–Kier alpha value is -0.440. The summed E-state index contributed by atoms with van der Waals surface area (Å²) in [6.07, 6.45) is 1.96. The molecule has 0 bridgehead atoms. The van der Waals surface area contributed by atoms with Crippen LogP contribution in [0.1, 0.15) is 25.7 Å².